The van der Waals surface area contributed by atoms with E-state index in [4.69, 9.17) is 37.4 Å². The third kappa shape index (κ3) is 7.65. The van der Waals surface area contributed by atoms with Crippen molar-refractivity contribution in [3.05, 3.63) is 56.6 Å². The lowest BCUT2D eigenvalue weighted by atomic mass is 9.96. The zero-order valence-corrected chi connectivity index (χ0v) is 21.3. The minimum absolute atomic E-state index is 0.199. The van der Waals surface area contributed by atoms with Gasteiger partial charge in [-0.2, -0.15) is 0 Å². The molecule has 0 heterocycles. The van der Waals surface area contributed by atoms with Crippen molar-refractivity contribution in [3.63, 3.8) is 0 Å². The van der Waals surface area contributed by atoms with Crippen LogP contribution in [-0.2, 0) is 28.6 Å². The first-order valence-corrected chi connectivity index (χ1v) is 13.1. The van der Waals surface area contributed by atoms with Gasteiger partial charge in [-0.15, -0.1) is 0 Å². The summed E-state index contributed by atoms with van der Waals surface area (Å²) in [5.74, 6) is 1.52. The predicted molar refractivity (Wildman–Crippen MR) is 128 cm³/mol. The largest absolute Gasteiger partial charge is 0.480 e. The zero-order chi connectivity index (χ0) is 23.9. The van der Waals surface area contributed by atoms with Crippen LogP contribution in [0.5, 0.6) is 11.5 Å². The molecule has 2 rings (SSSR count). The van der Waals surface area contributed by atoms with Gasteiger partial charge in [0.05, 0.1) is 16.7 Å². The summed E-state index contributed by atoms with van der Waals surface area (Å²) in [7, 11) is -4.34. The quantitative estimate of drug-likeness (QED) is 0.202. The second kappa shape index (κ2) is 12.3. The van der Waals surface area contributed by atoms with E-state index in [0.29, 0.717) is 64.5 Å². The zero-order valence-electron chi connectivity index (χ0n) is 18.9. The van der Waals surface area contributed by atoms with Gasteiger partial charge in [-0.25, -0.2) is 0 Å². The molecule has 2 aromatic carbocycles. The molecule has 0 bridgehead atoms. The summed E-state index contributed by atoms with van der Waals surface area (Å²) in [5.41, 5.74) is 3.15. The van der Waals surface area contributed by atoms with Crippen LogP contribution in [0.1, 0.15) is 49.9 Å². The van der Waals surface area contributed by atoms with Gasteiger partial charge in [0, 0.05) is 17.5 Å². The Morgan fingerprint density at radius 1 is 0.938 bits per heavy atom. The number of ether oxygens (including phenoxy) is 3. The summed E-state index contributed by atoms with van der Waals surface area (Å²) in [4.78, 5) is 18.4. The van der Waals surface area contributed by atoms with Crippen LogP contribution in [0.2, 0.25) is 10.0 Å². The molecule has 0 saturated carbocycles. The van der Waals surface area contributed by atoms with Gasteiger partial charge in [0.2, 0.25) is 0 Å². The topological polar surface area (TPSA) is 85.2 Å². The fraction of sp³-hybridized carbons (Fsp3) is 0.478. The Hall–Kier alpha value is -1.27. The third-order valence-corrected chi connectivity index (χ3v) is 6.13. The first-order chi connectivity index (χ1) is 15.1. The van der Waals surface area contributed by atoms with E-state index in [-0.39, 0.29) is 6.79 Å². The van der Waals surface area contributed by atoms with E-state index in [1.54, 1.807) is 0 Å². The third-order valence-electron chi connectivity index (χ3n) is 4.76. The number of hydrogen-bond acceptors (Lipinski definition) is 4. The minimum atomic E-state index is -4.34. The first-order valence-electron chi connectivity index (χ1n) is 10.6. The molecular weight excluding hydrogens is 474 g/mol. The Morgan fingerprint density at radius 3 is 1.97 bits per heavy atom. The maximum atomic E-state index is 11.3. The van der Waals surface area contributed by atoms with Crippen molar-refractivity contribution in [1.29, 1.82) is 0 Å². The molecule has 0 aliphatic heterocycles. The molecule has 0 saturated heterocycles. The van der Waals surface area contributed by atoms with E-state index in [1.807, 2.05) is 38.1 Å². The van der Waals surface area contributed by atoms with E-state index < -0.39 is 13.9 Å². The van der Waals surface area contributed by atoms with Crippen LogP contribution in [0.3, 0.4) is 0 Å². The van der Waals surface area contributed by atoms with Gasteiger partial charge in [0.25, 0.3) is 0 Å². The molecule has 6 nitrogen and oxygen atoms in total. The van der Waals surface area contributed by atoms with Crippen LogP contribution in [0.4, 0.5) is 0 Å². The van der Waals surface area contributed by atoms with Gasteiger partial charge < -0.3 is 24.0 Å². The molecule has 0 unspecified atom stereocenters. The smallest absolute Gasteiger partial charge is 0.362 e. The minimum Gasteiger partial charge on any atom is -0.480 e. The van der Waals surface area contributed by atoms with Gasteiger partial charge >= 0.3 is 7.60 Å². The van der Waals surface area contributed by atoms with Gasteiger partial charge in [-0.3, -0.25) is 4.57 Å². The standard InChI is InChI=1S/C23H31Cl2O6P/c1-5-18-21(24)20(22(25)19(6-2)23(18)31-14-32(26,27)28)11-16-7-9-17(10-8-16)30-13-29-12-15(3)4/h7-10,15H,5-6,11-14H2,1-4H3,(H2,26,27,28). The monoisotopic (exact) mass is 504 g/mol. The number of hydrogen-bond donors (Lipinski definition) is 2. The van der Waals surface area contributed by atoms with Crippen molar-refractivity contribution in [2.75, 3.05) is 19.7 Å². The second-order valence-corrected chi connectivity index (χ2v) is 10.2. The molecule has 2 aromatic rings. The number of halogens is 2. The van der Waals surface area contributed by atoms with E-state index in [9.17, 15) is 14.4 Å². The van der Waals surface area contributed by atoms with Crippen LogP contribution in [0.25, 0.3) is 0 Å². The van der Waals surface area contributed by atoms with Crippen molar-refractivity contribution < 1.29 is 28.6 Å². The van der Waals surface area contributed by atoms with Crippen molar-refractivity contribution >= 4 is 30.8 Å². The summed E-state index contributed by atoms with van der Waals surface area (Å²) in [6, 6.07) is 7.63. The Balaban J connectivity index is 2.25. The molecule has 0 amide bonds. The van der Waals surface area contributed by atoms with Crippen LogP contribution < -0.4 is 9.47 Å². The normalized spacial score (nSPS) is 11.8. The highest BCUT2D eigenvalue weighted by Crippen LogP contribution is 2.44. The van der Waals surface area contributed by atoms with Crippen molar-refractivity contribution in [2.24, 2.45) is 5.92 Å². The van der Waals surface area contributed by atoms with Crippen LogP contribution in [0.15, 0.2) is 24.3 Å². The maximum absolute atomic E-state index is 11.3. The van der Waals surface area contributed by atoms with Gasteiger partial charge in [0.1, 0.15) is 11.5 Å². The Morgan fingerprint density at radius 2 is 1.50 bits per heavy atom. The fourth-order valence-corrected chi connectivity index (χ4v) is 4.36. The SMILES string of the molecule is CCc1c(Cl)c(Cc2ccc(OCOCC(C)C)cc2)c(Cl)c(CC)c1OCP(=O)(O)O. The lowest BCUT2D eigenvalue weighted by Crippen LogP contribution is -2.08. The predicted octanol–water partition coefficient (Wildman–Crippen LogP) is 6.23. The van der Waals surface area contributed by atoms with Crippen molar-refractivity contribution in [2.45, 2.75) is 47.0 Å². The number of benzene rings is 2. The van der Waals surface area contributed by atoms with E-state index in [1.165, 1.54) is 0 Å². The molecule has 9 heteroatoms. The first kappa shape index (κ1) is 27.0. The lowest BCUT2D eigenvalue weighted by molar-refractivity contribution is 0.00272. The van der Waals surface area contributed by atoms with Crippen molar-refractivity contribution in [1.82, 2.24) is 0 Å². The molecule has 2 N–H and O–H groups in total. The lowest BCUT2D eigenvalue weighted by Gasteiger charge is -2.21. The van der Waals surface area contributed by atoms with E-state index in [0.717, 1.165) is 11.1 Å². The van der Waals surface area contributed by atoms with Crippen LogP contribution in [-0.4, -0.2) is 29.5 Å². The summed E-state index contributed by atoms with van der Waals surface area (Å²) < 4.78 is 27.8. The average Bonchev–Trinajstić information content (AvgIpc) is 2.73. The molecule has 0 radical (unpaired) electrons. The van der Waals surface area contributed by atoms with Crippen LogP contribution in [0, 0.1) is 5.92 Å². The molecular formula is C23H31Cl2O6P. The molecule has 32 heavy (non-hydrogen) atoms. The Kier molecular flexibility index (Phi) is 10.3. The fourth-order valence-electron chi connectivity index (χ4n) is 3.25. The molecule has 178 valence electrons. The van der Waals surface area contributed by atoms with Gasteiger partial charge in [0.15, 0.2) is 13.1 Å². The van der Waals surface area contributed by atoms with Crippen LogP contribution >= 0.6 is 30.8 Å². The molecule has 0 atom stereocenters. The molecule has 0 aromatic heterocycles. The van der Waals surface area contributed by atoms with Gasteiger partial charge in [-0.1, -0.05) is 63.0 Å². The van der Waals surface area contributed by atoms with E-state index in [2.05, 4.69) is 13.8 Å². The highest BCUT2D eigenvalue weighted by Gasteiger charge is 2.24. The Bertz CT molecular complexity index is 909. The Labute approximate surface area is 200 Å². The van der Waals surface area contributed by atoms with Crippen molar-refractivity contribution in [3.8, 4) is 11.5 Å². The summed E-state index contributed by atoms with van der Waals surface area (Å²) in [6.45, 7) is 8.82. The summed E-state index contributed by atoms with van der Waals surface area (Å²) in [6.07, 6.45) is 0.854. The average molecular weight is 505 g/mol. The molecule has 0 fully saturated rings. The highest BCUT2D eigenvalue weighted by atomic mass is 35.5. The van der Waals surface area contributed by atoms with Gasteiger partial charge in [-0.05, 0) is 42.0 Å². The molecule has 0 aliphatic rings. The second-order valence-electron chi connectivity index (χ2n) is 7.89. The number of rotatable bonds is 12. The van der Waals surface area contributed by atoms with E-state index >= 15 is 0 Å². The summed E-state index contributed by atoms with van der Waals surface area (Å²) >= 11 is 13.4. The highest BCUT2D eigenvalue weighted by molar-refractivity contribution is 7.51. The maximum Gasteiger partial charge on any atom is 0.362 e. The molecule has 0 spiro atoms. The molecule has 0 aliphatic carbocycles. The summed E-state index contributed by atoms with van der Waals surface area (Å²) in [5, 5.41) is 0.913.